The van der Waals surface area contributed by atoms with Crippen LogP contribution in [0, 0.1) is 11.3 Å². The first-order valence-electron chi connectivity index (χ1n) is 4.93. The van der Waals surface area contributed by atoms with Gasteiger partial charge < -0.3 is 0 Å². The normalized spacial score (nSPS) is 23.2. The molecule has 1 nitrogen and oxygen atoms in total. The molecule has 0 bridgehead atoms. The minimum atomic E-state index is -1.27. The van der Waals surface area contributed by atoms with Crippen LogP contribution >= 0.6 is 0 Å². The molecule has 2 heteroatoms. The quantitative estimate of drug-likeness (QED) is 0.567. The highest BCUT2D eigenvalue weighted by Gasteiger charge is 2.43. The number of hydrogen-bond acceptors (Lipinski definition) is 1. The number of nitriles is 1. The van der Waals surface area contributed by atoms with Gasteiger partial charge >= 0.3 is 0 Å². The van der Waals surface area contributed by atoms with Crippen molar-refractivity contribution in [3.8, 4) is 6.07 Å². The standard InChI is InChI=1S/C10H19NSi/c1-12(2,3)10(9-11)7-5-4-6-8-10/h4-8H2,1-3H3. The molecule has 0 amide bonds. The Bertz CT molecular complexity index is 191. The second kappa shape index (κ2) is 3.22. The first-order valence-corrected chi connectivity index (χ1v) is 8.43. The highest BCUT2D eigenvalue weighted by molar-refractivity contribution is 6.79. The van der Waals surface area contributed by atoms with E-state index in [0.29, 0.717) is 0 Å². The predicted octanol–water partition coefficient (Wildman–Crippen LogP) is 3.55. The van der Waals surface area contributed by atoms with E-state index >= 15 is 0 Å². The van der Waals surface area contributed by atoms with E-state index in [-0.39, 0.29) is 5.04 Å². The number of rotatable bonds is 1. The molecule has 1 aliphatic carbocycles. The van der Waals surface area contributed by atoms with E-state index in [9.17, 15) is 5.26 Å². The van der Waals surface area contributed by atoms with Gasteiger partial charge in [0.15, 0.2) is 0 Å². The summed E-state index contributed by atoms with van der Waals surface area (Å²) in [7, 11) is -1.27. The van der Waals surface area contributed by atoms with Crippen LogP contribution in [0.15, 0.2) is 0 Å². The van der Waals surface area contributed by atoms with Gasteiger partial charge in [-0.15, -0.1) is 0 Å². The maximum Gasteiger partial charge on any atom is 0.0679 e. The molecule has 0 heterocycles. The van der Waals surface area contributed by atoms with Crippen LogP contribution in [-0.2, 0) is 0 Å². The highest BCUT2D eigenvalue weighted by atomic mass is 28.3. The zero-order chi connectivity index (χ0) is 9.24. The number of hydrogen-bond donors (Lipinski definition) is 0. The molecule has 0 aromatic carbocycles. The van der Waals surface area contributed by atoms with Gasteiger partial charge in [-0.3, -0.25) is 0 Å². The molecule has 0 aromatic rings. The van der Waals surface area contributed by atoms with Gasteiger partial charge in [0.1, 0.15) is 0 Å². The van der Waals surface area contributed by atoms with Crippen molar-refractivity contribution in [2.75, 3.05) is 0 Å². The van der Waals surface area contributed by atoms with Gasteiger partial charge in [0.25, 0.3) is 0 Å². The molecule has 0 atom stereocenters. The molecule has 1 aliphatic rings. The zero-order valence-electron chi connectivity index (χ0n) is 8.48. The third kappa shape index (κ3) is 1.56. The molecule has 0 saturated heterocycles. The number of nitrogens with zero attached hydrogens (tertiary/aromatic N) is 1. The summed E-state index contributed by atoms with van der Waals surface area (Å²) < 4.78 is 0. The van der Waals surface area contributed by atoms with Crippen molar-refractivity contribution in [3.05, 3.63) is 0 Å². The summed E-state index contributed by atoms with van der Waals surface area (Å²) in [6.45, 7) is 7.00. The smallest absolute Gasteiger partial charge is 0.0679 e. The van der Waals surface area contributed by atoms with Gasteiger partial charge in [-0.2, -0.15) is 5.26 Å². The van der Waals surface area contributed by atoms with Crippen molar-refractivity contribution in [3.63, 3.8) is 0 Å². The Balaban J connectivity index is 2.83. The summed E-state index contributed by atoms with van der Waals surface area (Å²) in [4.78, 5) is 0. The van der Waals surface area contributed by atoms with Crippen LogP contribution in [0.4, 0.5) is 0 Å². The van der Waals surface area contributed by atoms with Crippen molar-refractivity contribution in [1.82, 2.24) is 0 Å². The molecular formula is C10H19NSi. The molecule has 12 heavy (non-hydrogen) atoms. The largest absolute Gasteiger partial charge is 0.198 e. The first kappa shape index (κ1) is 9.79. The van der Waals surface area contributed by atoms with E-state index in [1.54, 1.807) is 0 Å². The average Bonchev–Trinajstić information content (AvgIpc) is 2.04. The van der Waals surface area contributed by atoms with E-state index < -0.39 is 8.07 Å². The van der Waals surface area contributed by atoms with Gasteiger partial charge in [-0.1, -0.05) is 38.9 Å². The van der Waals surface area contributed by atoms with Crippen molar-refractivity contribution in [1.29, 1.82) is 5.26 Å². The minimum Gasteiger partial charge on any atom is -0.198 e. The van der Waals surface area contributed by atoms with Gasteiger partial charge in [-0.25, -0.2) is 0 Å². The predicted molar refractivity (Wildman–Crippen MR) is 54.7 cm³/mol. The lowest BCUT2D eigenvalue weighted by molar-refractivity contribution is 0.429. The molecule has 1 saturated carbocycles. The van der Waals surface area contributed by atoms with Gasteiger partial charge in [0.05, 0.1) is 14.1 Å². The molecule has 1 fully saturated rings. The molecule has 1 rings (SSSR count). The third-order valence-electron chi connectivity index (χ3n) is 3.36. The Morgan fingerprint density at radius 2 is 1.58 bits per heavy atom. The molecule has 0 N–H and O–H groups in total. The minimum absolute atomic E-state index is 0.102. The van der Waals surface area contributed by atoms with Crippen LogP contribution in [-0.4, -0.2) is 8.07 Å². The van der Waals surface area contributed by atoms with Crippen LogP contribution in [0.25, 0.3) is 0 Å². The van der Waals surface area contributed by atoms with E-state index in [4.69, 9.17) is 0 Å². The second-order valence-corrected chi connectivity index (χ2v) is 10.5. The molecular weight excluding hydrogens is 162 g/mol. The molecule has 0 aromatic heterocycles. The maximum absolute atomic E-state index is 9.26. The SMILES string of the molecule is C[Si](C)(C)C1(C#N)CCCCC1. The van der Waals surface area contributed by atoms with Crippen LogP contribution in [0.2, 0.25) is 24.7 Å². The fraction of sp³-hybridized carbons (Fsp3) is 0.900. The van der Waals surface area contributed by atoms with E-state index in [0.717, 1.165) is 0 Å². The molecule has 0 unspecified atom stereocenters. The molecule has 0 spiro atoms. The fourth-order valence-corrected chi connectivity index (χ4v) is 4.37. The summed E-state index contributed by atoms with van der Waals surface area (Å²) in [6.07, 6.45) is 6.22. The first-order chi connectivity index (χ1) is 5.52. The molecule has 0 aliphatic heterocycles. The Kier molecular flexibility index (Phi) is 2.63. The van der Waals surface area contributed by atoms with E-state index in [2.05, 4.69) is 25.7 Å². The average molecular weight is 181 g/mol. The van der Waals surface area contributed by atoms with Crippen molar-refractivity contribution in [2.24, 2.45) is 0 Å². The van der Waals surface area contributed by atoms with E-state index in [1.807, 2.05) is 0 Å². The summed E-state index contributed by atoms with van der Waals surface area (Å²) in [5.74, 6) is 0. The zero-order valence-corrected chi connectivity index (χ0v) is 9.48. The van der Waals surface area contributed by atoms with Crippen LogP contribution < -0.4 is 0 Å². The molecule has 0 radical (unpaired) electrons. The Hall–Kier alpha value is -0.293. The van der Waals surface area contributed by atoms with Gasteiger partial charge in [-0.05, 0) is 12.8 Å². The Morgan fingerprint density at radius 3 is 1.83 bits per heavy atom. The van der Waals surface area contributed by atoms with E-state index in [1.165, 1.54) is 32.1 Å². The highest BCUT2D eigenvalue weighted by Crippen LogP contribution is 2.49. The van der Waals surface area contributed by atoms with Crippen LogP contribution in [0.3, 0.4) is 0 Å². The monoisotopic (exact) mass is 181 g/mol. The lowest BCUT2D eigenvalue weighted by atomic mass is 9.89. The summed E-state index contributed by atoms with van der Waals surface area (Å²) >= 11 is 0. The lowest BCUT2D eigenvalue weighted by Gasteiger charge is -2.40. The lowest BCUT2D eigenvalue weighted by Crippen LogP contribution is -2.40. The summed E-state index contributed by atoms with van der Waals surface area (Å²) in [6, 6.07) is 2.62. The van der Waals surface area contributed by atoms with Crippen molar-refractivity contribution in [2.45, 2.75) is 56.8 Å². The third-order valence-corrected chi connectivity index (χ3v) is 6.84. The van der Waals surface area contributed by atoms with Crippen molar-refractivity contribution >= 4 is 8.07 Å². The second-order valence-electron chi connectivity index (χ2n) is 5.00. The summed E-state index contributed by atoms with van der Waals surface area (Å²) in [5, 5.41) is 9.36. The maximum atomic E-state index is 9.26. The summed E-state index contributed by atoms with van der Waals surface area (Å²) in [5.41, 5.74) is 0. The van der Waals surface area contributed by atoms with Gasteiger partial charge in [0, 0.05) is 5.04 Å². The Morgan fingerprint density at radius 1 is 1.08 bits per heavy atom. The molecule has 68 valence electrons. The van der Waals surface area contributed by atoms with Crippen LogP contribution in [0.5, 0.6) is 0 Å². The fourth-order valence-electron chi connectivity index (χ4n) is 2.18. The van der Waals surface area contributed by atoms with Crippen molar-refractivity contribution < 1.29 is 0 Å². The van der Waals surface area contributed by atoms with Gasteiger partial charge in [0.2, 0.25) is 0 Å². The topological polar surface area (TPSA) is 23.8 Å². The Labute approximate surface area is 76.8 Å². The van der Waals surface area contributed by atoms with Crippen LogP contribution in [0.1, 0.15) is 32.1 Å².